The van der Waals surface area contributed by atoms with E-state index in [4.69, 9.17) is 99.5 Å². The second kappa shape index (κ2) is 51.9. The van der Waals surface area contributed by atoms with Gasteiger partial charge in [0.15, 0.2) is 69.2 Å². The van der Waals surface area contributed by atoms with Crippen LogP contribution in [0.5, 0.6) is 0 Å². The van der Waals surface area contributed by atoms with Crippen molar-refractivity contribution in [1.82, 2.24) is 37.2 Å². The van der Waals surface area contributed by atoms with Crippen LogP contribution in [0.15, 0.2) is 0 Å². The Hall–Kier alpha value is -5.67. The summed E-state index contributed by atoms with van der Waals surface area (Å²) in [6.07, 6.45) is -108. The van der Waals surface area contributed by atoms with E-state index in [1.807, 2.05) is 0 Å². The molecule has 0 radical (unpaired) electrons. The summed E-state index contributed by atoms with van der Waals surface area (Å²) in [6, 6.07) is -13.8. The molecule has 55 atom stereocenters. The molecule has 0 spiro atoms. The van der Waals surface area contributed by atoms with Crippen molar-refractivity contribution >= 4 is 41.4 Å². The fourth-order valence-corrected chi connectivity index (χ4v) is 18.5. The lowest BCUT2D eigenvalue weighted by Crippen LogP contribution is -2.72. The van der Waals surface area contributed by atoms with Gasteiger partial charge in [0.25, 0.3) is 0 Å². The number of amides is 7. The first-order valence-corrected chi connectivity index (χ1v) is 45.6. The summed E-state index contributed by atoms with van der Waals surface area (Å²) in [4.78, 5) is 91.4. The summed E-state index contributed by atoms with van der Waals surface area (Å²) < 4.78 is 130. The zero-order valence-electron chi connectivity index (χ0n) is 77.5. The van der Waals surface area contributed by atoms with Crippen molar-refractivity contribution in [1.29, 1.82) is 0 Å². The van der Waals surface area contributed by atoms with Gasteiger partial charge in [0.2, 0.25) is 41.4 Å². The molecule has 35 N–H and O–H groups in total. The van der Waals surface area contributed by atoms with Crippen molar-refractivity contribution in [2.75, 3.05) is 72.7 Å². The third-order valence-corrected chi connectivity index (χ3v) is 25.8. The van der Waals surface area contributed by atoms with Crippen LogP contribution < -0.4 is 37.2 Å². The van der Waals surface area contributed by atoms with Gasteiger partial charge in [-0.3, -0.25) is 33.6 Å². The van der Waals surface area contributed by atoms with Crippen LogP contribution in [0.2, 0.25) is 0 Å². The molecule has 11 rings (SSSR count). The largest absolute Gasteiger partial charge is 0.394 e. The Morgan fingerprint density at radius 1 is 0.182 bits per heavy atom. The first kappa shape index (κ1) is 118. The molecule has 11 aliphatic rings. The topological polar surface area (TPSA) is 964 Å². The minimum absolute atomic E-state index is 0.854. The van der Waals surface area contributed by atoms with Crippen molar-refractivity contribution in [3.05, 3.63) is 0 Å². The molecule has 824 valence electrons. The number of aliphatic hydroxyl groups is 28. The van der Waals surface area contributed by atoms with Crippen LogP contribution in [0.1, 0.15) is 48.5 Å². The Labute approximate surface area is 810 Å². The molecule has 0 aromatic carbocycles. The molecule has 0 aromatic heterocycles. The summed E-state index contributed by atoms with van der Waals surface area (Å²) in [5, 5.41) is 337. The van der Waals surface area contributed by atoms with Gasteiger partial charge in [-0.05, 0) is 0 Å². The number of rotatable bonds is 38. The lowest BCUT2D eigenvalue weighted by molar-refractivity contribution is -0.413. The second-order valence-electron chi connectivity index (χ2n) is 36.0. The number of nitrogens with one attached hydrogen (secondary N) is 7. The molecule has 0 aliphatic carbocycles. The Morgan fingerprint density at radius 3 is 0.769 bits per heavy atom. The number of aliphatic hydroxyl groups excluding tert-OH is 28. The van der Waals surface area contributed by atoms with E-state index in [1.54, 1.807) is 0 Å². The van der Waals surface area contributed by atoms with Gasteiger partial charge >= 0.3 is 0 Å². The Balaban J connectivity index is 1.08. The van der Waals surface area contributed by atoms with E-state index < -0.39 is 451 Å². The van der Waals surface area contributed by atoms with Gasteiger partial charge in [0, 0.05) is 48.5 Å². The lowest BCUT2D eigenvalue weighted by atomic mass is 9.93. The minimum Gasteiger partial charge on any atom is -0.394 e. The zero-order valence-corrected chi connectivity index (χ0v) is 77.5. The van der Waals surface area contributed by atoms with E-state index in [0.29, 0.717) is 0 Å². The normalized spacial score (nSPS) is 47.3. The minimum atomic E-state index is -2.91. The monoisotopic (exact) mass is 2090 g/mol. The highest BCUT2D eigenvalue weighted by Gasteiger charge is 2.64. The number of hydrogen-bond acceptors (Lipinski definition) is 56. The summed E-state index contributed by atoms with van der Waals surface area (Å²) >= 11 is 0. The van der Waals surface area contributed by atoms with Crippen LogP contribution in [0.3, 0.4) is 0 Å². The standard InChI is InChI=1S/C80H133N7O56/c1-19(97)81-37-54(114)62(31(13-93)125-70(37)122)136-75-42(86-24(6)102)56(116)64(33(15-95)131-75)139-78-61(121)67(141-80-69(143-74-41(85-23(5)101)53(113)47(107)29(11-91)129-74)60(120)65(34(16-96)133-80)137-76-43(87-25(7)103)55(115)63(32(14-94)132-76)138-77-59(119)57(117)48(108)30(12-92)130-77)66(140-72-39(83-21(3)99)51(111)45(105)27(9-89)127-72)36(135-78)18-124-79-68(142-73-40(84-22(4)100)52(112)46(106)28(10-90)128-73)58(118)49(109)35(134-79)17-123-71-38(82-20(2)98)50(110)44(104)26(8-88)126-71/h26-80,88-96,104-122H,8-18H2,1-7H3,(H,81,97)(H,82,98)(H,83,99)(H,84,100)(H,85,101)(H,86,102)(H,87,103)/t26-,27-,28-,29-,30-,31-,32-,33-,34-,35-,36-,37-,38-,39-,40-,41-,42-,43-,44-,45-,46-,47-,48+,49-,50-,51-,52-,53-,54-,55-,56+,57+,58+,59-,60+,61+,62-,63-,64-,65-,66-,67-,68+,69+,70-,71-,72+,73+,74+,75+,76+,77+,78+,79+,80-/m1/s1. The molecule has 0 bridgehead atoms. The van der Waals surface area contributed by atoms with Crippen molar-refractivity contribution in [2.24, 2.45) is 0 Å². The molecule has 11 heterocycles. The van der Waals surface area contributed by atoms with Crippen molar-refractivity contribution in [3.63, 3.8) is 0 Å². The van der Waals surface area contributed by atoms with Crippen LogP contribution in [0.25, 0.3) is 0 Å². The molecule has 11 aliphatic heterocycles. The Morgan fingerprint density at radius 2 is 0.406 bits per heavy atom. The fourth-order valence-electron chi connectivity index (χ4n) is 18.5. The maximum atomic E-state index is 13.8. The first-order chi connectivity index (χ1) is 67.6. The Bertz CT molecular complexity index is 4050. The van der Waals surface area contributed by atoms with E-state index in [2.05, 4.69) is 37.2 Å². The van der Waals surface area contributed by atoms with Crippen molar-refractivity contribution < 1.29 is 276 Å². The summed E-state index contributed by atoms with van der Waals surface area (Å²) in [5.41, 5.74) is 0. The molecule has 0 saturated carbocycles. The molecule has 11 fully saturated rings. The Kier molecular flexibility index (Phi) is 42.7. The molecular formula is C80H133N7O56. The van der Waals surface area contributed by atoms with Crippen LogP contribution in [-0.4, -0.2) is 594 Å². The smallest absolute Gasteiger partial charge is 0.217 e. The van der Waals surface area contributed by atoms with Crippen LogP contribution >= 0.6 is 0 Å². The van der Waals surface area contributed by atoms with E-state index in [-0.39, 0.29) is 0 Å². The maximum absolute atomic E-state index is 13.8. The molecule has 63 nitrogen and oxygen atoms in total. The van der Waals surface area contributed by atoms with Gasteiger partial charge in [0.05, 0.1) is 72.7 Å². The molecule has 11 saturated heterocycles. The van der Waals surface area contributed by atoms with Gasteiger partial charge < -0.3 is 280 Å². The third kappa shape index (κ3) is 26.9. The van der Waals surface area contributed by atoms with Gasteiger partial charge in [-0.2, -0.15) is 0 Å². The molecule has 0 unspecified atom stereocenters. The second-order valence-corrected chi connectivity index (χ2v) is 36.0. The maximum Gasteiger partial charge on any atom is 0.217 e. The third-order valence-electron chi connectivity index (χ3n) is 25.8. The zero-order chi connectivity index (χ0) is 105. The predicted molar refractivity (Wildman–Crippen MR) is 444 cm³/mol. The van der Waals surface area contributed by atoms with E-state index >= 15 is 0 Å². The number of carbonyl (C=O) groups excluding carboxylic acids is 7. The van der Waals surface area contributed by atoms with E-state index in [0.717, 1.165) is 48.5 Å². The summed E-state index contributed by atoms with van der Waals surface area (Å²) in [5.74, 6) is -6.87. The fraction of sp³-hybridized carbons (Fsp3) is 0.912. The summed E-state index contributed by atoms with van der Waals surface area (Å²) in [6.45, 7) is -6.96. The van der Waals surface area contributed by atoms with Crippen LogP contribution in [-0.2, 0) is 133 Å². The SMILES string of the molecule is CC(=O)N[C@@H]1[C@@H](O)[C@H](O[C@@H]2O[C@H](CO)[C@@H](O[C@@H]3O[C@H](CO[C@H]4O[C@H](CO[C@@H]5O[C@H](CO)[C@@H](O)[C@H](O)[C@H]5NC(C)=O)[C@@H](O)[C@H](O)[C@@H]4O[C@@H]4O[C@H](CO)[C@@H](O)[C@H](O)[C@H]4NC(C)=O)[C@@H](O[C@@H]4O[C@H](CO)[C@@H](O)[C@H](O)[C@H]4NC(C)=O)[C@H](O[C@H]4O[C@H](CO)[C@@H](O[C@@H]5O[C@H](CO)[C@@H](O[C@@H]6O[C@H](CO)[C@H](O)[C@H](O)[C@H]6O)[C@H](O)[C@H]5NC(C)=O)[C@H](O)[C@@H]4O[C@@H]4O[C@H](CO)[C@@H](O)[C@H](O)[C@H]4NC(C)=O)[C@@H]3O)[C@@H](O)[C@H]2NC(C)=O)[C@@H](CO)O[C@H]1O. The highest BCUT2D eigenvalue weighted by molar-refractivity contribution is 5.75. The highest BCUT2D eigenvalue weighted by atomic mass is 16.8. The highest BCUT2D eigenvalue weighted by Crippen LogP contribution is 2.43. The van der Waals surface area contributed by atoms with Crippen LogP contribution in [0, 0.1) is 0 Å². The molecule has 7 amide bonds. The van der Waals surface area contributed by atoms with Crippen molar-refractivity contribution in [3.8, 4) is 0 Å². The molecular weight excluding hydrogens is 1950 g/mol. The number of hydrogen-bond donors (Lipinski definition) is 35. The summed E-state index contributed by atoms with van der Waals surface area (Å²) in [7, 11) is 0. The molecule has 63 heteroatoms. The average molecular weight is 2090 g/mol. The molecule has 0 aromatic rings. The van der Waals surface area contributed by atoms with Gasteiger partial charge in [-0.25, -0.2) is 0 Å². The lowest BCUT2D eigenvalue weighted by Gasteiger charge is -2.53. The van der Waals surface area contributed by atoms with E-state index in [9.17, 15) is 177 Å². The van der Waals surface area contributed by atoms with Crippen molar-refractivity contribution in [2.45, 2.75) is 386 Å². The number of ether oxygens (including phenoxy) is 21. The quantitative estimate of drug-likeness (QED) is 0.0273. The predicted octanol–water partition coefficient (Wildman–Crippen LogP) is -24.0. The van der Waals surface area contributed by atoms with Gasteiger partial charge in [-0.15, -0.1) is 0 Å². The van der Waals surface area contributed by atoms with Crippen LogP contribution in [0.4, 0.5) is 0 Å². The van der Waals surface area contributed by atoms with Gasteiger partial charge in [0.1, 0.15) is 268 Å². The first-order valence-electron chi connectivity index (χ1n) is 45.6. The molecule has 143 heavy (non-hydrogen) atoms. The van der Waals surface area contributed by atoms with Gasteiger partial charge in [-0.1, -0.05) is 0 Å². The van der Waals surface area contributed by atoms with E-state index in [1.165, 1.54) is 0 Å². The average Bonchev–Trinajstić information content (AvgIpc) is 0.728. The number of carbonyl (C=O) groups is 7.